The number of hydrogen-bond acceptors (Lipinski definition) is 8. The van der Waals surface area contributed by atoms with Crippen molar-refractivity contribution in [1.82, 2.24) is 9.55 Å². The van der Waals surface area contributed by atoms with Gasteiger partial charge in [0.25, 0.3) is 5.56 Å². The van der Waals surface area contributed by atoms with Crippen LogP contribution in [0.5, 0.6) is 0 Å². The monoisotopic (exact) mass is 334 g/mol. The Hall–Kier alpha value is -0.0952. The van der Waals surface area contributed by atoms with Crippen molar-refractivity contribution in [3.63, 3.8) is 0 Å². The normalized spacial score (nSPS) is 24.4. The molecule has 2 rings (SSSR count). The molecule has 0 unspecified atom stereocenters. The van der Waals surface area contributed by atoms with Crippen LogP contribution in [-0.2, 0) is 13.8 Å². The van der Waals surface area contributed by atoms with E-state index in [1.54, 1.807) is 0 Å². The molecule has 1 aromatic rings. The van der Waals surface area contributed by atoms with E-state index >= 15 is 0 Å². The van der Waals surface area contributed by atoms with Crippen molar-refractivity contribution < 1.29 is 66.4 Å². The van der Waals surface area contributed by atoms with Crippen LogP contribution in [0.25, 0.3) is 0 Å². The van der Waals surface area contributed by atoms with E-state index in [0.717, 1.165) is 6.07 Å². The number of ether oxygens (including phenoxy) is 1. The van der Waals surface area contributed by atoms with Crippen LogP contribution in [0.15, 0.2) is 21.9 Å². The molecule has 1 fully saturated rings. The van der Waals surface area contributed by atoms with Crippen LogP contribution < -0.4 is 58.8 Å². The fourth-order valence-corrected chi connectivity index (χ4v) is 2.41. The zero-order chi connectivity index (χ0) is 15.6. The quantitative estimate of drug-likeness (QED) is 0.406. The van der Waals surface area contributed by atoms with E-state index < -0.39 is 43.9 Å². The zero-order valence-corrected chi connectivity index (χ0v) is 13.6. The number of aromatic nitrogens is 2. The van der Waals surface area contributed by atoms with Gasteiger partial charge in [-0.3, -0.25) is 14.3 Å². The van der Waals surface area contributed by atoms with Gasteiger partial charge in [0.05, 0.1) is 33.2 Å². The van der Waals surface area contributed by atoms with Gasteiger partial charge in [0.2, 0.25) is 0 Å². The Morgan fingerprint density at radius 1 is 1.43 bits per heavy atom. The Morgan fingerprint density at radius 2 is 2.09 bits per heavy atom. The van der Waals surface area contributed by atoms with Crippen LogP contribution in [0.4, 0.5) is 0 Å². The molecule has 1 aliphatic rings. The van der Waals surface area contributed by atoms with Crippen molar-refractivity contribution >= 4 is 7.82 Å². The molecule has 2 N–H and O–H groups in total. The number of aliphatic hydroxyl groups is 1. The summed E-state index contributed by atoms with van der Waals surface area (Å²) in [6.45, 7) is -0.586. The summed E-state index contributed by atoms with van der Waals surface area (Å²) < 4.78 is 20.9. The molecule has 0 aliphatic carbocycles. The molecule has 2 heterocycles. The molecule has 1 aliphatic heterocycles. The van der Waals surface area contributed by atoms with Crippen LogP contribution in [0.1, 0.15) is 12.5 Å². The van der Waals surface area contributed by atoms with E-state index in [1.807, 2.05) is 0 Å². The number of nitrogens with one attached hydrogen (secondary N) is 1. The summed E-state index contributed by atoms with van der Waals surface area (Å²) >= 11 is 0. The van der Waals surface area contributed by atoms with E-state index in [0.29, 0.717) is 0 Å². The van der Waals surface area contributed by atoms with Gasteiger partial charge in [-0.1, -0.05) is 0 Å². The van der Waals surface area contributed by atoms with Crippen LogP contribution in [-0.4, -0.2) is 40.1 Å². The maximum Gasteiger partial charge on any atom is 1.00 e. The van der Waals surface area contributed by atoms with E-state index in [1.165, 1.54) is 10.8 Å². The Morgan fingerprint density at radius 3 is 2.61 bits per heavy atom. The molecule has 0 saturated carbocycles. The van der Waals surface area contributed by atoms with Gasteiger partial charge in [0.1, 0.15) is 6.10 Å². The van der Waals surface area contributed by atoms with Gasteiger partial charge in [-0.25, -0.2) is 4.79 Å². The molecule has 0 amide bonds. The summed E-state index contributed by atoms with van der Waals surface area (Å²) in [5, 5.41) is 9.86. The maximum atomic E-state index is 11.6. The number of H-pyrrole nitrogens is 1. The molecule has 23 heavy (non-hydrogen) atoms. The number of phosphoric ester groups is 1. The topological polar surface area (TPSA) is 157 Å². The second-order valence-corrected chi connectivity index (χ2v) is 5.74. The number of phosphoric acid groups is 1. The first kappa shape index (κ1) is 22.9. The van der Waals surface area contributed by atoms with Crippen LogP contribution in [0.2, 0.25) is 0 Å². The number of aromatic amines is 1. The van der Waals surface area contributed by atoms with Crippen molar-refractivity contribution in [2.24, 2.45) is 0 Å². The summed E-state index contributed by atoms with van der Waals surface area (Å²) in [7, 11) is -5.13. The maximum absolute atomic E-state index is 11.6. The van der Waals surface area contributed by atoms with Gasteiger partial charge in [0, 0.05) is 12.3 Å². The third-order valence-electron chi connectivity index (χ3n) is 3.09. The third-order valence-corrected chi connectivity index (χ3v) is 3.55. The van der Waals surface area contributed by atoms with Crippen LogP contribution in [0.3, 0.4) is 0 Å². The Labute approximate surface area is 154 Å². The first-order valence-electron chi connectivity index (χ1n) is 6.04. The van der Waals surface area contributed by atoms with Gasteiger partial charge in [-0.05, 0) is 6.42 Å². The summed E-state index contributed by atoms with van der Waals surface area (Å²) in [5.41, 5.74) is -1.18. The molecule has 0 bridgehead atoms. The van der Waals surface area contributed by atoms with Gasteiger partial charge in [-0.15, -0.1) is 0 Å². The molecule has 118 valence electrons. The molecule has 13 heteroatoms. The zero-order valence-electron chi connectivity index (χ0n) is 12.7. The fourth-order valence-electron chi connectivity index (χ4n) is 2.08. The Kier molecular flexibility index (Phi) is 9.37. The second-order valence-electron chi connectivity index (χ2n) is 4.59. The van der Waals surface area contributed by atoms with Crippen molar-refractivity contribution in [1.29, 1.82) is 0 Å². The molecular weight excluding hydrogens is 321 g/mol. The predicted octanol–water partition coefficient (Wildman–Crippen LogP) is -8.92. The van der Waals surface area contributed by atoms with E-state index in [4.69, 9.17) is 4.74 Å². The predicted molar refractivity (Wildman–Crippen MR) is 64.3 cm³/mol. The molecule has 3 atom stereocenters. The van der Waals surface area contributed by atoms with E-state index in [9.17, 15) is 29.0 Å². The fraction of sp³-hybridized carbons (Fsp3) is 0.600. The first-order valence-corrected chi connectivity index (χ1v) is 7.50. The molecule has 1 saturated heterocycles. The second kappa shape index (κ2) is 9.40. The van der Waals surface area contributed by atoms with Gasteiger partial charge in [0.15, 0.2) is 0 Å². The first-order chi connectivity index (χ1) is 9.76. The number of rotatable bonds is 4. The van der Waals surface area contributed by atoms with Crippen molar-refractivity contribution in [2.75, 3.05) is 13.2 Å². The number of nitrogens with zero attached hydrogens (tertiary/aromatic N) is 1. The Balaban J connectivity index is 0.00000242. The minimum absolute atomic E-state index is 0. The van der Waals surface area contributed by atoms with Crippen molar-refractivity contribution in [3.8, 4) is 0 Å². The molecular formula is C10H13Li2N2O8P. The standard InChI is InChI=1S/C10H15N2O8P.2Li/c13-7-3-6(12-2-1-9(14)11-10(12)15)4-19-8(7)5-20-21(16,17)18;;/h1-2,6-8,13H,3-5H2,(H,11,14,15)(H2,16,17,18);;/q;2*+1/p-2/t6-,7-,8+;;/m0../s1. The Bertz CT molecular complexity index is 659. The van der Waals surface area contributed by atoms with Gasteiger partial charge < -0.3 is 28.7 Å². The van der Waals surface area contributed by atoms with Gasteiger partial charge in [-0.2, -0.15) is 0 Å². The third kappa shape index (κ3) is 6.73. The van der Waals surface area contributed by atoms with Crippen LogP contribution >= 0.6 is 7.82 Å². The minimum atomic E-state index is -5.13. The molecule has 0 aromatic carbocycles. The van der Waals surface area contributed by atoms with Crippen molar-refractivity contribution in [2.45, 2.75) is 24.7 Å². The molecule has 1 aromatic heterocycles. The van der Waals surface area contributed by atoms with Gasteiger partial charge >= 0.3 is 43.4 Å². The van der Waals surface area contributed by atoms with Crippen molar-refractivity contribution in [3.05, 3.63) is 33.1 Å². The average Bonchev–Trinajstić information content (AvgIpc) is 2.36. The summed E-state index contributed by atoms with van der Waals surface area (Å²) in [6, 6.07) is 0.639. The molecule has 0 radical (unpaired) electrons. The summed E-state index contributed by atoms with van der Waals surface area (Å²) in [6.07, 6.45) is -0.727. The largest absolute Gasteiger partial charge is 1.00 e. The van der Waals surface area contributed by atoms with E-state index in [2.05, 4.69) is 9.51 Å². The van der Waals surface area contributed by atoms with Crippen LogP contribution in [0, 0.1) is 0 Å². The number of hydrogen-bond donors (Lipinski definition) is 2. The van der Waals surface area contributed by atoms with E-state index in [-0.39, 0.29) is 50.7 Å². The SMILES string of the molecule is O=c1ccn([C@@H]2CO[C@H](COP(=O)([O-])[O-])[C@@H](O)C2)c(=O)[nH]1.[Li+].[Li+]. The average molecular weight is 334 g/mol. The summed E-state index contributed by atoms with van der Waals surface area (Å²) in [5.74, 6) is 0. The number of aliphatic hydroxyl groups excluding tert-OH is 1. The summed E-state index contributed by atoms with van der Waals surface area (Å²) in [4.78, 5) is 45.4. The molecule has 10 nitrogen and oxygen atoms in total. The molecule has 0 spiro atoms. The smallest absolute Gasteiger partial charge is 0.790 e. The minimum Gasteiger partial charge on any atom is -0.790 e.